The molecule has 1 aliphatic rings. The first-order chi connectivity index (χ1) is 6.38. The maximum Gasteiger partial charge on any atom is 0.256 e. The van der Waals surface area contributed by atoms with Gasteiger partial charge in [-0.3, -0.25) is 14.9 Å². The number of nitrogens with zero attached hydrogens (tertiary/aromatic N) is 1. The summed E-state index contributed by atoms with van der Waals surface area (Å²) in [5, 5.41) is 10.8. The van der Waals surface area contributed by atoms with Gasteiger partial charge in [0.1, 0.15) is 0 Å². The molecular formula is C9H12N2O3. The van der Waals surface area contributed by atoms with Crippen molar-refractivity contribution >= 4 is 5.78 Å². The molecule has 0 radical (unpaired) electrons. The first-order valence-electron chi connectivity index (χ1n) is 4.20. The topological polar surface area (TPSA) is 86.2 Å². The van der Waals surface area contributed by atoms with E-state index in [1.807, 2.05) is 0 Å². The maximum absolute atomic E-state index is 11.0. The number of rotatable bonds is 2. The van der Waals surface area contributed by atoms with E-state index in [2.05, 4.69) is 0 Å². The van der Waals surface area contributed by atoms with Crippen LogP contribution in [0.1, 0.15) is 13.8 Å². The van der Waals surface area contributed by atoms with Crippen molar-refractivity contribution in [3.05, 3.63) is 33.9 Å². The van der Waals surface area contributed by atoms with Gasteiger partial charge >= 0.3 is 0 Å². The summed E-state index contributed by atoms with van der Waals surface area (Å²) in [6.45, 7) is 2.78. The molecule has 0 aliphatic heterocycles. The van der Waals surface area contributed by atoms with Crippen LogP contribution in [0, 0.1) is 10.1 Å². The lowest BCUT2D eigenvalue weighted by Crippen LogP contribution is -2.50. The van der Waals surface area contributed by atoms with Gasteiger partial charge in [0, 0.05) is 23.5 Å². The van der Waals surface area contributed by atoms with Crippen LogP contribution in [0.5, 0.6) is 0 Å². The predicted octanol–water partition coefficient (Wildman–Crippen LogP) is 0.434. The Hall–Kier alpha value is -1.49. The Labute approximate surface area is 81.4 Å². The summed E-state index contributed by atoms with van der Waals surface area (Å²) in [4.78, 5) is 21.4. The van der Waals surface area contributed by atoms with Crippen LogP contribution < -0.4 is 5.73 Å². The molecule has 2 N–H and O–H groups in total. The fraction of sp³-hybridized carbons (Fsp3) is 0.444. The van der Waals surface area contributed by atoms with Crippen molar-refractivity contribution in [2.24, 2.45) is 5.73 Å². The third-order valence-electron chi connectivity index (χ3n) is 2.41. The first-order valence-corrected chi connectivity index (χ1v) is 4.20. The minimum absolute atomic E-state index is 0.193. The smallest absolute Gasteiger partial charge is 0.256 e. The molecule has 0 spiro atoms. The molecular weight excluding hydrogens is 184 g/mol. The van der Waals surface area contributed by atoms with E-state index in [0.29, 0.717) is 5.57 Å². The van der Waals surface area contributed by atoms with Crippen molar-refractivity contribution < 1.29 is 9.72 Å². The van der Waals surface area contributed by atoms with Crippen LogP contribution >= 0.6 is 0 Å². The van der Waals surface area contributed by atoms with Crippen LogP contribution in [0.25, 0.3) is 0 Å². The van der Waals surface area contributed by atoms with Gasteiger partial charge in [-0.25, -0.2) is 0 Å². The van der Waals surface area contributed by atoms with Gasteiger partial charge in [0.25, 0.3) is 5.54 Å². The second-order valence-electron chi connectivity index (χ2n) is 3.52. The molecule has 0 saturated heterocycles. The van der Waals surface area contributed by atoms with Crippen LogP contribution in [0.2, 0.25) is 0 Å². The van der Waals surface area contributed by atoms with E-state index in [-0.39, 0.29) is 5.78 Å². The lowest BCUT2D eigenvalue weighted by atomic mass is 9.85. The molecule has 0 fully saturated rings. The Morgan fingerprint density at radius 1 is 1.71 bits per heavy atom. The van der Waals surface area contributed by atoms with Crippen molar-refractivity contribution in [1.29, 1.82) is 0 Å². The van der Waals surface area contributed by atoms with Crippen LogP contribution in [0.3, 0.4) is 0 Å². The van der Waals surface area contributed by atoms with Crippen LogP contribution in [-0.2, 0) is 4.79 Å². The van der Waals surface area contributed by atoms with E-state index in [9.17, 15) is 14.9 Å². The summed E-state index contributed by atoms with van der Waals surface area (Å²) in [6, 6.07) is -0.694. The van der Waals surface area contributed by atoms with Gasteiger partial charge in [-0.2, -0.15) is 0 Å². The van der Waals surface area contributed by atoms with Gasteiger partial charge in [-0.05, 0) is 6.92 Å². The second kappa shape index (κ2) is 3.34. The predicted molar refractivity (Wildman–Crippen MR) is 51.3 cm³/mol. The van der Waals surface area contributed by atoms with Gasteiger partial charge in [-0.1, -0.05) is 12.2 Å². The van der Waals surface area contributed by atoms with Gasteiger partial charge < -0.3 is 5.73 Å². The lowest BCUT2D eigenvalue weighted by molar-refractivity contribution is -0.552. The van der Waals surface area contributed by atoms with Gasteiger partial charge in [-0.15, -0.1) is 0 Å². The Bertz CT molecular complexity index is 346. The highest BCUT2D eigenvalue weighted by Crippen LogP contribution is 2.23. The molecule has 0 saturated carbocycles. The van der Waals surface area contributed by atoms with Gasteiger partial charge in [0.15, 0.2) is 5.78 Å². The molecule has 0 amide bonds. The van der Waals surface area contributed by atoms with Crippen LogP contribution in [0.4, 0.5) is 0 Å². The Balaban J connectivity index is 3.14. The molecule has 5 nitrogen and oxygen atoms in total. The normalized spacial score (nSPS) is 31.1. The summed E-state index contributed by atoms with van der Waals surface area (Å²) in [5.41, 5.74) is 4.55. The van der Waals surface area contributed by atoms with Crippen molar-refractivity contribution in [2.45, 2.75) is 25.4 Å². The fourth-order valence-electron chi connectivity index (χ4n) is 1.25. The summed E-state index contributed by atoms with van der Waals surface area (Å²) in [5.74, 6) is -0.193. The van der Waals surface area contributed by atoms with Crippen LogP contribution in [0.15, 0.2) is 23.8 Å². The average Bonchev–Trinajstić information content (AvgIpc) is 2.09. The first kappa shape index (κ1) is 10.6. The number of allylic oxidation sites excluding steroid dienone is 2. The van der Waals surface area contributed by atoms with Crippen LogP contribution in [-0.4, -0.2) is 22.3 Å². The number of nitro groups is 1. The number of carbonyl (C=O) groups excluding carboxylic acids is 1. The molecule has 1 aliphatic carbocycles. The summed E-state index contributed by atoms with van der Waals surface area (Å²) < 4.78 is 0. The minimum atomic E-state index is -1.38. The minimum Gasteiger partial charge on any atom is -0.318 e. The van der Waals surface area contributed by atoms with E-state index in [1.54, 1.807) is 0 Å². The molecule has 0 bridgehead atoms. The Morgan fingerprint density at radius 2 is 2.29 bits per heavy atom. The van der Waals surface area contributed by atoms with E-state index in [4.69, 9.17) is 5.73 Å². The molecule has 76 valence electrons. The van der Waals surface area contributed by atoms with Crippen molar-refractivity contribution in [3.63, 3.8) is 0 Å². The summed E-state index contributed by atoms with van der Waals surface area (Å²) >= 11 is 0. The number of Topliss-reactive ketones (excluding diaryl/α,β-unsaturated/α-hetero) is 1. The molecule has 2 atom stereocenters. The van der Waals surface area contributed by atoms with E-state index in [0.717, 1.165) is 0 Å². The lowest BCUT2D eigenvalue weighted by Gasteiger charge is -2.25. The molecule has 0 aromatic carbocycles. The third kappa shape index (κ3) is 1.58. The molecule has 2 unspecified atom stereocenters. The average molecular weight is 196 g/mol. The summed E-state index contributed by atoms with van der Waals surface area (Å²) in [7, 11) is 0. The molecule has 14 heavy (non-hydrogen) atoms. The van der Waals surface area contributed by atoms with E-state index < -0.39 is 16.5 Å². The SMILES string of the molecule is CC(=O)C1=CC(C)([N+](=O)[O-])C(N)C=C1. The quantitative estimate of drug-likeness (QED) is 0.512. The standard InChI is InChI=1S/C9H12N2O3/c1-6(12)7-3-4-8(10)9(2,5-7)11(13)14/h3-5,8H,10H2,1-2H3. The molecule has 5 heteroatoms. The maximum atomic E-state index is 11.0. The largest absolute Gasteiger partial charge is 0.318 e. The third-order valence-corrected chi connectivity index (χ3v) is 2.41. The highest BCUT2D eigenvalue weighted by atomic mass is 16.6. The number of carbonyl (C=O) groups is 1. The number of hydrogen-bond acceptors (Lipinski definition) is 4. The molecule has 0 heterocycles. The fourth-order valence-corrected chi connectivity index (χ4v) is 1.25. The molecule has 0 aromatic heterocycles. The van der Waals surface area contributed by atoms with E-state index in [1.165, 1.54) is 32.1 Å². The Kier molecular flexibility index (Phi) is 2.53. The zero-order valence-corrected chi connectivity index (χ0v) is 8.06. The number of nitrogens with two attached hydrogens (primary N) is 1. The van der Waals surface area contributed by atoms with Gasteiger partial charge in [0.2, 0.25) is 0 Å². The van der Waals surface area contributed by atoms with Gasteiger partial charge in [0.05, 0.1) is 6.04 Å². The molecule has 1 rings (SSSR count). The van der Waals surface area contributed by atoms with Crippen molar-refractivity contribution in [1.82, 2.24) is 0 Å². The molecule has 0 aromatic rings. The highest BCUT2D eigenvalue weighted by Gasteiger charge is 2.42. The highest BCUT2D eigenvalue weighted by molar-refractivity contribution is 5.96. The number of hydrogen-bond donors (Lipinski definition) is 1. The van der Waals surface area contributed by atoms with E-state index >= 15 is 0 Å². The second-order valence-corrected chi connectivity index (χ2v) is 3.52. The summed E-state index contributed by atoms with van der Waals surface area (Å²) in [6.07, 6.45) is 4.33. The van der Waals surface area contributed by atoms with Crippen molar-refractivity contribution in [3.8, 4) is 0 Å². The number of ketones is 1. The Morgan fingerprint density at radius 3 is 2.71 bits per heavy atom. The zero-order chi connectivity index (χ0) is 10.9. The zero-order valence-electron chi connectivity index (χ0n) is 8.06. The van der Waals surface area contributed by atoms with Crippen molar-refractivity contribution in [2.75, 3.05) is 0 Å². The monoisotopic (exact) mass is 196 g/mol.